The Kier molecular flexibility index (Phi) is 20.7. The zero-order chi connectivity index (χ0) is 73.5. The van der Waals surface area contributed by atoms with E-state index in [2.05, 4.69) is 55.2 Å². The van der Waals surface area contributed by atoms with Crippen LogP contribution in [0.5, 0.6) is 17.2 Å². The van der Waals surface area contributed by atoms with Gasteiger partial charge in [0.25, 0.3) is 20.0 Å². The number of hydrogen-bond acceptors (Lipinski definition) is 15. The number of hydrogen-bond donors (Lipinski definition) is 4. The molecule has 4 N–H and O–H groups in total. The number of para-hydroxylation sites is 3. The lowest BCUT2D eigenvalue weighted by atomic mass is 9.96. The topological polar surface area (TPSA) is 264 Å². The van der Waals surface area contributed by atoms with E-state index in [9.17, 15) is 27.2 Å². The standard InChI is InChI=1S/C29H25N3O4S.C28H21N3O3S.C27H28N4O2/c1-19-11-13-23(14-12-19)37(33,34)32-18-26(24-9-4-5-10-27(24)35-2)25-16-22(17-31-29(25)32)20-7-6-8-21(15-20)28(30)36-3;1-19-10-12-23(13-11-19)35(32,33)31-18-26(24-8-3-4-9-27(24)34-2)25-15-22(17-30-28(25)31)21-7-5-6-20(14-21)16-29;1-33-25-8-3-2-7-22(25)24-16-30-27-23(24)14-21(15-29-27)19-5-4-6-20(13-19)26(28)31-11-9-18(17-32)10-12-31/h4-18,30H,1-3H3;3-15,17-18H,1-2H3;2-8,13-16,18,28,32H,9-12,17H2,1H3,(H,29,30). The number of aliphatic hydroxyl groups excluding tert-OH is 1. The van der Waals surface area contributed by atoms with E-state index < -0.39 is 20.0 Å². The molecule has 526 valence electrons. The third-order valence-electron chi connectivity index (χ3n) is 18.7. The van der Waals surface area contributed by atoms with Crippen LogP contribution in [0, 0.1) is 41.9 Å². The van der Waals surface area contributed by atoms with Gasteiger partial charge in [0.05, 0.1) is 49.9 Å². The van der Waals surface area contributed by atoms with Gasteiger partial charge in [-0.2, -0.15) is 5.26 Å². The molecule has 0 radical (unpaired) electrons. The van der Waals surface area contributed by atoms with Crippen LogP contribution in [0.15, 0.2) is 259 Å². The first kappa shape index (κ1) is 70.9. The number of benzene rings is 8. The Hall–Kier alpha value is -12.5. The molecule has 1 saturated heterocycles. The first-order valence-electron chi connectivity index (χ1n) is 33.8. The van der Waals surface area contributed by atoms with Crippen LogP contribution >= 0.6 is 0 Å². The van der Waals surface area contributed by atoms with Crippen LogP contribution in [-0.4, -0.2) is 115 Å². The van der Waals surface area contributed by atoms with Gasteiger partial charge in [-0.3, -0.25) is 10.8 Å². The molecular weight excluding hydrogens is 1360 g/mol. The summed E-state index contributed by atoms with van der Waals surface area (Å²) in [7, 11) is -1.52. The summed E-state index contributed by atoms with van der Waals surface area (Å²) in [5, 5.41) is 37.8. The van der Waals surface area contributed by atoms with E-state index >= 15 is 0 Å². The number of rotatable bonds is 16. The Bertz CT molecular complexity index is 5880. The van der Waals surface area contributed by atoms with Gasteiger partial charge in [-0.05, 0) is 140 Å². The third kappa shape index (κ3) is 14.5. The maximum atomic E-state index is 13.7. The fourth-order valence-corrected chi connectivity index (χ4v) is 15.6. The molecule has 1 aliphatic rings. The first-order valence-corrected chi connectivity index (χ1v) is 36.6. The van der Waals surface area contributed by atoms with Crippen molar-refractivity contribution in [2.45, 2.75) is 36.5 Å². The molecule has 19 nitrogen and oxygen atoms in total. The highest BCUT2D eigenvalue weighted by atomic mass is 32.2. The van der Waals surface area contributed by atoms with Gasteiger partial charge in [0, 0.05) is 134 Å². The summed E-state index contributed by atoms with van der Waals surface area (Å²) < 4.78 is 79.0. The fourth-order valence-electron chi connectivity index (χ4n) is 13.0. The number of nitrogens with one attached hydrogen (secondary N) is 3. The predicted octanol–water partition coefficient (Wildman–Crippen LogP) is 16.6. The number of aliphatic hydroxyl groups is 1. The Balaban J connectivity index is 0.000000140. The summed E-state index contributed by atoms with van der Waals surface area (Å²) in [4.78, 5) is 19.6. The molecule has 105 heavy (non-hydrogen) atoms. The van der Waals surface area contributed by atoms with Crippen molar-refractivity contribution in [2.75, 3.05) is 48.1 Å². The minimum atomic E-state index is -3.92. The molecular formula is C84H74N10O9S2. The molecule has 0 bridgehead atoms. The number of H-pyrrole nitrogens is 1. The smallest absolute Gasteiger partial charge is 0.269 e. The number of pyridine rings is 3. The average Bonchev–Trinajstić information content (AvgIpc) is 1.58. The number of aromatic nitrogens is 6. The molecule has 8 aromatic carbocycles. The van der Waals surface area contributed by atoms with Crippen LogP contribution in [0.25, 0.3) is 99.9 Å². The van der Waals surface area contributed by atoms with Crippen molar-refractivity contribution in [3.63, 3.8) is 0 Å². The Morgan fingerprint density at radius 1 is 0.505 bits per heavy atom. The second-order valence-corrected chi connectivity index (χ2v) is 28.9. The van der Waals surface area contributed by atoms with Gasteiger partial charge in [0.15, 0.2) is 11.3 Å². The van der Waals surface area contributed by atoms with E-state index in [1.54, 1.807) is 113 Å². The highest BCUT2D eigenvalue weighted by Gasteiger charge is 2.28. The van der Waals surface area contributed by atoms with Crippen molar-refractivity contribution in [3.8, 4) is 90.1 Å². The lowest BCUT2D eigenvalue weighted by molar-refractivity contribution is 0.166. The number of piperidine rings is 1. The second kappa shape index (κ2) is 30.6. The molecule has 0 saturated carbocycles. The van der Waals surface area contributed by atoms with Crippen molar-refractivity contribution in [2.24, 2.45) is 5.92 Å². The monoisotopic (exact) mass is 1430 g/mol. The molecule has 0 spiro atoms. The van der Waals surface area contributed by atoms with Crippen molar-refractivity contribution in [1.82, 2.24) is 32.8 Å². The maximum Gasteiger partial charge on any atom is 0.269 e. The Morgan fingerprint density at radius 2 is 0.933 bits per heavy atom. The van der Waals surface area contributed by atoms with Gasteiger partial charge in [-0.15, -0.1) is 0 Å². The number of nitrogens with zero attached hydrogens (tertiary/aromatic N) is 7. The summed E-state index contributed by atoms with van der Waals surface area (Å²) in [6.07, 6.45) is 12.2. The van der Waals surface area contributed by atoms with Crippen LogP contribution < -0.4 is 14.2 Å². The molecule has 14 aromatic rings. The average molecular weight is 1430 g/mol. The molecule has 15 rings (SSSR count). The van der Waals surface area contributed by atoms with E-state index in [1.165, 1.54) is 15.1 Å². The van der Waals surface area contributed by atoms with Gasteiger partial charge < -0.3 is 33.9 Å². The highest BCUT2D eigenvalue weighted by Crippen LogP contribution is 2.42. The lowest BCUT2D eigenvalue weighted by Gasteiger charge is -2.33. The summed E-state index contributed by atoms with van der Waals surface area (Å²) >= 11 is 0. The highest BCUT2D eigenvalue weighted by molar-refractivity contribution is 7.90. The van der Waals surface area contributed by atoms with Crippen molar-refractivity contribution in [3.05, 3.63) is 277 Å². The van der Waals surface area contributed by atoms with Crippen LogP contribution in [-0.2, 0) is 24.8 Å². The quantitative estimate of drug-likeness (QED) is 0.0518. The van der Waals surface area contributed by atoms with E-state index in [0.717, 1.165) is 115 Å². The van der Waals surface area contributed by atoms with Gasteiger partial charge in [-0.1, -0.05) is 132 Å². The van der Waals surface area contributed by atoms with Gasteiger partial charge in [0.2, 0.25) is 5.90 Å². The zero-order valence-electron chi connectivity index (χ0n) is 58.4. The van der Waals surface area contributed by atoms with Crippen molar-refractivity contribution < 1.29 is 40.9 Å². The number of methoxy groups -OCH3 is 4. The number of aromatic amines is 1. The van der Waals surface area contributed by atoms with E-state index in [4.69, 9.17) is 29.8 Å². The molecule has 0 aliphatic carbocycles. The number of nitriles is 1. The SMILES string of the molecule is COC(=N)c1cccc(-c2cnc3c(c2)c(-c2ccccc2OC)cn3S(=O)(=O)c2ccc(C)cc2)c1.COc1ccccc1-c1c[nH]c2ncc(-c3cccc(C(=N)N4CCC(CO)CC4)c3)cc12.COc1ccccc1-c1cn(S(=O)(=O)c2ccc(C)cc2)c2ncc(-c3cccc(C#N)c3)cc12. The normalized spacial score (nSPS) is 12.4. The van der Waals surface area contributed by atoms with Gasteiger partial charge in [0.1, 0.15) is 28.7 Å². The summed E-state index contributed by atoms with van der Waals surface area (Å²) in [5.74, 6) is 3.02. The van der Waals surface area contributed by atoms with E-state index in [-0.39, 0.29) is 22.3 Å². The van der Waals surface area contributed by atoms with Gasteiger partial charge >= 0.3 is 0 Å². The van der Waals surface area contributed by atoms with Crippen molar-refractivity contribution in [1.29, 1.82) is 16.1 Å². The van der Waals surface area contributed by atoms with Crippen LogP contribution in [0.4, 0.5) is 0 Å². The second-order valence-electron chi connectivity index (χ2n) is 25.3. The van der Waals surface area contributed by atoms with Crippen molar-refractivity contribution >= 4 is 64.9 Å². The fraction of sp³-hybridized carbons (Fsp3) is 0.143. The van der Waals surface area contributed by atoms with Crippen LogP contribution in [0.2, 0.25) is 0 Å². The molecule has 0 amide bonds. The molecule has 7 heterocycles. The van der Waals surface area contributed by atoms with Crippen LogP contribution in [0.1, 0.15) is 40.7 Å². The number of aryl methyl sites for hydroxylation is 2. The number of fused-ring (bicyclic) bond motifs is 3. The molecule has 0 atom stereocenters. The number of likely N-dealkylation sites (tertiary alicyclic amines) is 1. The molecule has 0 unspecified atom stereocenters. The third-order valence-corrected chi connectivity index (χ3v) is 22.1. The predicted molar refractivity (Wildman–Crippen MR) is 412 cm³/mol. The summed E-state index contributed by atoms with van der Waals surface area (Å²) in [5.41, 5.74) is 15.6. The zero-order valence-corrected chi connectivity index (χ0v) is 60.1. The summed E-state index contributed by atoms with van der Waals surface area (Å²) in [6, 6.07) is 67.3. The summed E-state index contributed by atoms with van der Waals surface area (Å²) in [6.45, 7) is 5.68. The Labute approximate surface area is 609 Å². The first-order chi connectivity index (χ1) is 50.9. The Morgan fingerprint density at radius 3 is 1.40 bits per heavy atom. The minimum Gasteiger partial charge on any atom is -0.496 e. The van der Waals surface area contributed by atoms with E-state index in [0.29, 0.717) is 67.6 Å². The van der Waals surface area contributed by atoms with Crippen LogP contribution in [0.3, 0.4) is 0 Å². The molecule has 1 fully saturated rings. The minimum absolute atomic E-state index is 0.0564. The molecule has 6 aromatic heterocycles. The molecule has 21 heteroatoms. The number of amidine groups is 1. The number of ether oxygens (including phenoxy) is 4. The van der Waals surface area contributed by atoms with Gasteiger partial charge in [-0.25, -0.2) is 39.7 Å². The largest absolute Gasteiger partial charge is 0.496 e. The molecule has 1 aliphatic heterocycles. The lowest BCUT2D eigenvalue weighted by Crippen LogP contribution is -2.39. The van der Waals surface area contributed by atoms with E-state index in [1.807, 2.05) is 148 Å². The maximum absolute atomic E-state index is 13.7.